The standard InChI is InChI=1S/C16H26N4O/c1-4-9-17-13-7-8-15(18-11-13)16(21)20-10-5-6-14(20)12-19(2)3/h7-8,11,14,17H,4-6,9-10,12H2,1-3H3. The molecule has 0 aliphatic carbocycles. The van der Waals surface area contributed by atoms with E-state index in [1.807, 2.05) is 31.1 Å². The van der Waals surface area contributed by atoms with E-state index < -0.39 is 0 Å². The highest BCUT2D eigenvalue weighted by Crippen LogP contribution is 2.20. The molecule has 0 spiro atoms. The summed E-state index contributed by atoms with van der Waals surface area (Å²) in [4.78, 5) is 21.0. The number of hydrogen-bond acceptors (Lipinski definition) is 4. The molecule has 5 nitrogen and oxygen atoms in total. The Kier molecular flexibility index (Phi) is 5.56. The number of hydrogen-bond donors (Lipinski definition) is 1. The molecule has 21 heavy (non-hydrogen) atoms. The lowest BCUT2D eigenvalue weighted by Gasteiger charge is -2.26. The minimum absolute atomic E-state index is 0.0568. The van der Waals surface area contributed by atoms with Crippen LogP contribution in [0.1, 0.15) is 36.7 Å². The van der Waals surface area contributed by atoms with Crippen molar-refractivity contribution in [1.29, 1.82) is 0 Å². The molecule has 0 radical (unpaired) electrons. The lowest BCUT2D eigenvalue weighted by Crippen LogP contribution is -2.41. The molecule has 0 saturated carbocycles. The van der Waals surface area contributed by atoms with E-state index in [1.54, 1.807) is 6.20 Å². The molecule has 1 aromatic rings. The van der Waals surface area contributed by atoms with Gasteiger partial charge in [-0.05, 0) is 45.5 Å². The summed E-state index contributed by atoms with van der Waals surface area (Å²) in [6.07, 6.45) is 4.99. The van der Waals surface area contributed by atoms with Gasteiger partial charge >= 0.3 is 0 Å². The highest BCUT2D eigenvalue weighted by Gasteiger charge is 2.30. The van der Waals surface area contributed by atoms with Crippen LogP contribution in [0.4, 0.5) is 5.69 Å². The maximum Gasteiger partial charge on any atom is 0.272 e. The van der Waals surface area contributed by atoms with Crippen molar-refractivity contribution in [1.82, 2.24) is 14.8 Å². The van der Waals surface area contributed by atoms with Gasteiger partial charge in [0.25, 0.3) is 5.91 Å². The van der Waals surface area contributed by atoms with Crippen molar-refractivity contribution in [3.8, 4) is 0 Å². The average Bonchev–Trinajstić information content (AvgIpc) is 2.92. The third-order valence-corrected chi connectivity index (χ3v) is 3.78. The fraction of sp³-hybridized carbons (Fsp3) is 0.625. The number of anilines is 1. The van der Waals surface area contributed by atoms with Crippen molar-refractivity contribution in [2.75, 3.05) is 39.0 Å². The predicted octanol–water partition coefficient (Wildman–Crippen LogP) is 2.07. The molecule has 0 aromatic carbocycles. The lowest BCUT2D eigenvalue weighted by atomic mass is 10.2. The molecule has 1 atom stereocenters. The van der Waals surface area contributed by atoms with Gasteiger partial charge in [-0.1, -0.05) is 6.92 Å². The molecule has 1 fully saturated rings. The SMILES string of the molecule is CCCNc1ccc(C(=O)N2CCCC2CN(C)C)nc1. The van der Waals surface area contributed by atoms with Crippen molar-refractivity contribution in [2.45, 2.75) is 32.2 Å². The molecule has 1 aliphatic rings. The number of rotatable bonds is 6. The number of likely N-dealkylation sites (tertiary alicyclic amines) is 1. The van der Waals surface area contributed by atoms with Gasteiger partial charge in [0.15, 0.2) is 0 Å². The van der Waals surface area contributed by atoms with Crippen molar-refractivity contribution < 1.29 is 4.79 Å². The van der Waals surface area contributed by atoms with E-state index in [4.69, 9.17) is 0 Å². The molecule has 1 aliphatic heterocycles. The van der Waals surface area contributed by atoms with Crippen LogP contribution in [0.5, 0.6) is 0 Å². The van der Waals surface area contributed by atoms with Gasteiger partial charge in [0.1, 0.15) is 5.69 Å². The summed E-state index contributed by atoms with van der Waals surface area (Å²) in [5, 5.41) is 3.27. The van der Waals surface area contributed by atoms with Crippen molar-refractivity contribution in [3.63, 3.8) is 0 Å². The number of aromatic nitrogens is 1. The van der Waals surface area contributed by atoms with Crippen LogP contribution in [-0.4, -0.2) is 60.5 Å². The fourth-order valence-electron chi connectivity index (χ4n) is 2.76. The number of pyridine rings is 1. The Hall–Kier alpha value is -1.62. The number of carbonyl (C=O) groups excluding carboxylic acids is 1. The van der Waals surface area contributed by atoms with Crippen LogP contribution in [0.25, 0.3) is 0 Å². The third-order valence-electron chi connectivity index (χ3n) is 3.78. The van der Waals surface area contributed by atoms with Crippen molar-refractivity contribution >= 4 is 11.6 Å². The van der Waals surface area contributed by atoms with Gasteiger partial charge in [-0.15, -0.1) is 0 Å². The second kappa shape index (κ2) is 7.41. The highest BCUT2D eigenvalue weighted by atomic mass is 16.2. The summed E-state index contributed by atoms with van der Waals surface area (Å²) in [6, 6.07) is 4.07. The summed E-state index contributed by atoms with van der Waals surface area (Å²) in [6.45, 7) is 4.80. The van der Waals surface area contributed by atoms with E-state index in [-0.39, 0.29) is 5.91 Å². The molecule has 0 bridgehead atoms. The largest absolute Gasteiger partial charge is 0.384 e. The normalized spacial score (nSPS) is 18.3. The van der Waals surface area contributed by atoms with E-state index in [2.05, 4.69) is 22.1 Å². The number of nitrogens with zero attached hydrogens (tertiary/aromatic N) is 3. The van der Waals surface area contributed by atoms with Crippen LogP contribution >= 0.6 is 0 Å². The lowest BCUT2D eigenvalue weighted by molar-refractivity contribution is 0.0710. The van der Waals surface area contributed by atoms with E-state index in [0.717, 1.165) is 44.6 Å². The zero-order chi connectivity index (χ0) is 15.2. The number of likely N-dealkylation sites (N-methyl/N-ethyl adjacent to an activating group) is 1. The summed E-state index contributed by atoms with van der Waals surface area (Å²) < 4.78 is 0. The van der Waals surface area contributed by atoms with Crippen LogP contribution in [-0.2, 0) is 0 Å². The monoisotopic (exact) mass is 290 g/mol. The Labute approximate surface area is 127 Å². The smallest absolute Gasteiger partial charge is 0.272 e. The van der Waals surface area contributed by atoms with Crippen LogP contribution < -0.4 is 5.32 Å². The molecule has 2 heterocycles. The molecule has 2 rings (SSSR count). The molecule has 1 unspecified atom stereocenters. The summed E-state index contributed by atoms with van der Waals surface area (Å²) in [5.41, 5.74) is 1.52. The first kappa shape index (κ1) is 15.8. The molecule has 116 valence electrons. The second-order valence-electron chi connectivity index (χ2n) is 5.92. The van der Waals surface area contributed by atoms with Gasteiger partial charge in [0.2, 0.25) is 0 Å². The predicted molar refractivity (Wildman–Crippen MR) is 85.6 cm³/mol. The topological polar surface area (TPSA) is 48.5 Å². The van der Waals surface area contributed by atoms with E-state index in [9.17, 15) is 4.79 Å². The molecule has 1 aromatic heterocycles. The average molecular weight is 290 g/mol. The number of nitrogens with one attached hydrogen (secondary N) is 1. The first-order chi connectivity index (χ1) is 10.1. The Morgan fingerprint density at radius 1 is 1.48 bits per heavy atom. The zero-order valence-electron chi connectivity index (χ0n) is 13.3. The molecular weight excluding hydrogens is 264 g/mol. The highest BCUT2D eigenvalue weighted by molar-refractivity contribution is 5.92. The van der Waals surface area contributed by atoms with Crippen LogP contribution in [0.15, 0.2) is 18.3 Å². The number of amides is 1. The molecular formula is C16H26N4O. The van der Waals surface area contributed by atoms with E-state index >= 15 is 0 Å². The van der Waals surface area contributed by atoms with Gasteiger partial charge in [0.05, 0.1) is 11.9 Å². The summed E-state index contributed by atoms with van der Waals surface area (Å²) in [7, 11) is 4.10. The molecule has 1 saturated heterocycles. The van der Waals surface area contributed by atoms with Crippen LogP contribution in [0.2, 0.25) is 0 Å². The van der Waals surface area contributed by atoms with Gasteiger partial charge < -0.3 is 15.1 Å². The molecule has 1 amide bonds. The Balaban J connectivity index is 2.01. The zero-order valence-corrected chi connectivity index (χ0v) is 13.3. The number of carbonyl (C=O) groups is 1. The van der Waals surface area contributed by atoms with Gasteiger partial charge in [0, 0.05) is 25.7 Å². The van der Waals surface area contributed by atoms with Crippen molar-refractivity contribution in [3.05, 3.63) is 24.0 Å². The maximum absolute atomic E-state index is 12.6. The quantitative estimate of drug-likeness (QED) is 0.871. The Bertz CT molecular complexity index is 458. The first-order valence-electron chi connectivity index (χ1n) is 7.77. The van der Waals surface area contributed by atoms with Crippen LogP contribution in [0.3, 0.4) is 0 Å². The Morgan fingerprint density at radius 2 is 2.29 bits per heavy atom. The third kappa shape index (κ3) is 4.17. The second-order valence-corrected chi connectivity index (χ2v) is 5.92. The minimum Gasteiger partial charge on any atom is -0.384 e. The van der Waals surface area contributed by atoms with Crippen LogP contribution in [0, 0.1) is 0 Å². The summed E-state index contributed by atoms with van der Waals surface area (Å²) >= 11 is 0. The minimum atomic E-state index is 0.0568. The van der Waals surface area contributed by atoms with E-state index in [0.29, 0.717) is 11.7 Å². The molecule has 1 N–H and O–H groups in total. The van der Waals surface area contributed by atoms with E-state index in [1.165, 1.54) is 0 Å². The molecule has 5 heteroatoms. The van der Waals surface area contributed by atoms with Gasteiger partial charge in [-0.3, -0.25) is 4.79 Å². The maximum atomic E-state index is 12.6. The first-order valence-corrected chi connectivity index (χ1v) is 7.77. The fourth-order valence-corrected chi connectivity index (χ4v) is 2.76. The Morgan fingerprint density at radius 3 is 2.90 bits per heavy atom. The van der Waals surface area contributed by atoms with Gasteiger partial charge in [-0.2, -0.15) is 0 Å². The van der Waals surface area contributed by atoms with Gasteiger partial charge in [-0.25, -0.2) is 4.98 Å². The van der Waals surface area contributed by atoms with Crippen molar-refractivity contribution in [2.24, 2.45) is 0 Å². The summed E-state index contributed by atoms with van der Waals surface area (Å²) in [5.74, 6) is 0.0568.